The quantitative estimate of drug-likeness (QED) is 0.170. The summed E-state index contributed by atoms with van der Waals surface area (Å²) < 4.78 is 18.6. The molecule has 4 aromatic rings. The molecule has 0 atom stereocenters. The maximum atomic E-state index is 13.3. The highest BCUT2D eigenvalue weighted by Crippen LogP contribution is 2.24. The van der Waals surface area contributed by atoms with Crippen LogP contribution in [-0.2, 0) is 9.59 Å². The number of furan rings is 1. The summed E-state index contributed by atoms with van der Waals surface area (Å²) in [7, 11) is 0. The Balaban J connectivity index is 1.40. The number of rotatable bonds is 9. The van der Waals surface area contributed by atoms with E-state index in [2.05, 4.69) is 16.0 Å². The van der Waals surface area contributed by atoms with Crippen LogP contribution in [0.3, 0.4) is 0 Å². The van der Waals surface area contributed by atoms with Gasteiger partial charge in [-0.1, -0.05) is 35.9 Å². The average molecular weight is 550 g/mol. The smallest absolute Gasteiger partial charge is 0.272 e. The number of hydrogen-bond donors (Lipinski definition) is 3. The lowest BCUT2D eigenvalue weighted by atomic mass is 10.2. The largest absolute Gasteiger partial charge is 0.465 e. The Labute approximate surface area is 227 Å². The van der Waals surface area contributed by atoms with E-state index in [4.69, 9.17) is 16.0 Å². The predicted molar refractivity (Wildman–Crippen MR) is 146 cm³/mol. The van der Waals surface area contributed by atoms with Crippen LogP contribution in [0.2, 0.25) is 5.02 Å². The highest BCUT2D eigenvalue weighted by molar-refractivity contribution is 8.00. The third-order valence-corrected chi connectivity index (χ3v) is 6.31. The highest BCUT2D eigenvalue weighted by Gasteiger charge is 2.16. The molecule has 0 fully saturated rings. The lowest BCUT2D eigenvalue weighted by Gasteiger charge is -2.12. The second-order valence-electron chi connectivity index (χ2n) is 7.84. The van der Waals surface area contributed by atoms with Crippen LogP contribution in [-0.4, -0.2) is 23.5 Å². The van der Waals surface area contributed by atoms with Gasteiger partial charge in [-0.3, -0.25) is 14.4 Å². The van der Waals surface area contributed by atoms with E-state index in [1.165, 1.54) is 42.3 Å². The number of nitrogens with one attached hydrogen (secondary N) is 3. The molecule has 1 heterocycles. The molecule has 0 spiro atoms. The fourth-order valence-electron chi connectivity index (χ4n) is 3.24. The average Bonchev–Trinajstić information content (AvgIpc) is 3.43. The Hall–Kier alpha value is -4.34. The first kappa shape index (κ1) is 26.7. The van der Waals surface area contributed by atoms with Gasteiger partial charge in [0.05, 0.1) is 17.0 Å². The number of amides is 3. The van der Waals surface area contributed by atoms with Crippen LogP contribution < -0.4 is 16.0 Å². The summed E-state index contributed by atoms with van der Waals surface area (Å²) in [5, 5.41) is 7.97. The predicted octanol–water partition coefficient (Wildman–Crippen LogP) is 6.21. The molecule has 10 heteroatoms. The number of halogens is 2. The van der Waals surface area contributed by atoms with Gasteiger partial charge in [0.25, 0.3) is 11.8 Å². The number of carbonyl (C=O) groups excluding carboxylic acids is 3. The van der Waals surface area contributed by atoms with Crippen molar-refractivity contribution < 1.29 is 23.2 Å². The number of anilines is 2. The van der Waals surface area contributed by atoms with Gasteiger partial charge in [0.2, 0.25) is 5.91 Å². The zero-order valence-electron chi connectivity index (χ0n) is 19.7. The van der Waals surface area contributed by atoms with Crippen molar-refractivity contribution in [1.29, 1.82) is 0 Å². The van der Waals surface area contributed by atoms with Gasteiger partial charge in [-0.25, -0.2) is 4.39 Å². The van der Waals surface area contributed by atoms with Crippen molar-refractivity contribution in [3.8, 4) is 0 Å². The third-order valence-electron chi connectivity index (χ3n) is 5.02. The minimum absolute atomic E-state index is 0.0100. The number of hydrogen-bond acceptors (Lipinski definition) is 5. The van der Waals surface area contributed by atoms with Crippen LogP contribution in [0.1, 0.15) is 16.1 Å². The first-order valence-corrected chi connectivity index (χ1v) is 12.6. The van der Waals surface area contributed by atoms with Crippen LogP contribution >= 0.6 is 23.4 Å². The maximum Gasteiger partial charge on any atom is 0.272 e. The SMILES string of the molecule is O=C(CSc1cccc(NC(=O)/C(=C/c2ccco2)NC(=O)c2ccccc2)c1)Nc1ccc(F)c(Cl)c1. The van der Waals surface area contributed by atoms with Crippen LogP contribution in [0.5, 0.6) is 0 Å². The summed E-state index contributed by atoms with van der Waals surface area (Å²) in [6, 6.07) is 22.7. The molecular formula is C28H21ClFN3O4S. The molecule has 1 aromatic heterocycles. The molecule has 0 aliphatic heterocycles. The summed E-state index contributed by atoms with van der Waals surface area (Å²) >= 11 is 7.00. The van der Waals surface area contributed by atoms with Crippen molar-refractivity contribution in [3.63, 3.8) is 0 Å². The first-order valence-electron chi connectivity index (χ1n) is 11.3. The van der Waals surface area contributed by atoms with Crippen LogP contribution in [0.4, 0.5) is 15.8 Å². The van der Waals surface area contributed by atoms with Crippen molar-refractivity contribution in [2.45, 2.75) is 4.90 Å². The molecular weight excluding hydrogens is 529 g/mol. The van der Waals surface area contributed by atoms with Crippen molar-refractivity contribution in [2.75, 3.05) is 16.4 Å². The van der Waals surface area contributed by atoms with Crippen molar-refractivity contribution in [1.82, 2.24) is 5.32 Å². The number of thioether (sulfide) groups is 1. The van der Waals surface area contributed by atoms with E-state index in [0.717, 1.165) is 4.90 Å². The lowest BCUT2D eigenvalue weighted by molar-refractivity contribution is -0.114. The minimum atomic E-state index is -0.570. The Morgan fingerprint density at radius 1 is 0.895 bits per heavy atom. The van der Waals surface area contributed by atoms with Crippen molar-refractivity contribution in [2.24, 2.45) is 0 Å². The standard InChI is InChI=1S/C28H21ClFN3O4S/c29-23-15-20(11-12-24(23)30)31-26(34)17-38-22-10-4-8-19(14-22)32-28(36)25(16-21-9-5-13-37-21)33-27(35)18-6-2-1-3-7-18/h1-16H,17H2,(H,31,34)(H,32,36)(H,33,35)/b25-16-. The molecule has 0 bridgehead atoms. The Bertz CT molecular complexity index is 1480. The molecule has 0 saturated carbocycles. The molecule has 38 heavy (non-hydrogen) atoms. The zero-order chi connectivity index (χ0) is 26.9. The van der Waals surface area contributed by atoms with E-state index in [9.17, 15) is 18.8 Å². The van der Waals surface area contributed by atoms with Gasteiger partial charge in [-0.05, 0) is 60.7 Å². The molecule has 3 amide bonds. The first-order chi connectivity index (χ1) is 18.4. The van der Waals surface area contributed by atoms with Crippen LogP contribution in [0.25, 0.3) is 6.08 Å². The van der Waals surface area contributed by atoms with Gasteiger partial charge in [0, 0.05) is 27.9 Å². The topological polar surface area (TPSA) is 100 Å². The van der Waals surface area contributed by atoms with Crippen LogP contribution in [0.15, 0.2) is 106 Å². The monoisotopic (exact) mass is 549 g/mol. The Morgan fingerprint density at radius 2 is 1.68 bits per heavy atom. The Morgan fingerprint density at radius 3 is 2.42 bits per heavy atom. The van der Waals surface area contributed by atoms with Gasteiger partial charge >= 0.3 is 0 Å². The van der Waals surface area contributed by atoms with Crippen LogP contribution in [0, 0.1) is 5.82 Å². The highest BCUT2D eigenvalue weighted by atomic mass is 35.5. The second-order valence-corrected chi connectivity index (χ2v) is 9.30. The van der Waals surface area contributed by atoms with Gasteiger partial charge in [0.1, 0.15) is 17.3 Å². The molecule has 0 aliphatic rings. The minimum Gasteiger partial charge on any atom is -0.465 e. The van der Waals surface area contributed by atoms with E-state index in [-0.39, 0.29) is 22.4 Å². The molecule has 0 aliphatic carbocycles. The van der Waals surface area contributed by atoms with Crippen molar-refractivity contribution >= 4 is 58.5 Å². The number of carbonyl (C=O) groups is 3. The van der Waals surface area contributed by atoms with Gasteiger partial charge < -0.3 is 20.4 Å². The van der Waals surface area contributed by atoms with E-state index in [1.807, 2.05) is 0 Å². The molecule has 3 aromatic carbocycles. The fourth-order valence-corrected chi connectivity index (χ4v) is 4.18. The summed E-state index contributed by atoms with van der Waals surface area (Å²) in [5.74, 6) is -1.42. The molecule has 0 unspecified atom stereocenters. The lowest BCUT2D eigenvalue weighted by Crippen LogP contribution is -2.30. The zero-order valence-corrected chi connectivity index (χ0v) is 21.3. The van der Waals surface area contributed by atoms with E-state index >= 15 is 0 Å². The fraction of sp³-hybridized carbons (Fsp3) is 0.0357. The molecule has 0 radical (unpaired) electrons. The van der Waals surface area contributed by atoms with Crippen molar-refractivity contribution in [3.05, 3.63) is 119 Å². The normalized spacial score (nSPS) is 11.1. The van der Waals surface area contributed by atoms with E-state index < -0.39 is 17.6 Å². The summed E-state index contributed by atoms with van der Waals surface area (Å²) in [5.41, 5.74) is 1.23. The van der Waals surface area contributed by atoms with E-state index in [0.29, 0.717) is 22.7 Å². The Kier molecular flexibility index (Phi) is 8.97. The molecule has 0 saturated heterocycles. The van der Waals surface area contributed by atoms with Gasteiger partial charge in [-0.2, -0.15) is 0 Å². The molecule has 3 N–H and O–H groups in total. The summed E-state index contributed by atoms with van der Waals surface area (Å²) in [6.07, 6.45) is 2.89. The van der Waals surface area contributed by atoms with E-state index in [1.54, 1.807) is 66.7 Å². The maximum absolute atomic E-state index is 13.3. The number of benzene rings is 3. The summed E-state index contributed by atoms with van der Waals surface area (Å²) in [6.45, 7) is 0. The van der Waals surface area contributed by atoms with Gasteiger partial charge in [0.15, 0.2) is 0 Å². The third kappa shape index (κ3) is 7.58. The second kappa shape index (κ2) is 12.8. The summed E-state index contributed by atoms with van der Waals surface area (Å²) in [4.78, 5) is 38.8. The molecule has 192 valence electrons. The van der Waals surface area contributed by atoms with Gasteiger partial charge in [-0.15, -0.1) is 11.8 Å². The molecule has 7 nitrogen and oxygen atoms in total. The molecule has 4 rings (SSSR count).